The number of amides is 3. The molecule has 0 bridgehead atoms. The molecule has 1 aliphatic rings. The fraction of sp³-hybridized carbons (Fsp3) is 0.692. The third kappa shape index (κ3) is 4.36. The van der Waals surface area contributed by atoms with E-state index >= 15 is 0 Å². The lowest BCUT2D eigenvalue weighted by molar-refractivity contribution is -0.119. The molecule has 3 N–H and O–H groups in total. The van der Waals surface area contributed by atoms with E-state index < -0.39 is 22.7 Å². The molecule has 122 valence electrons. The van der Waals surface area contributed by atoms with Gasteiger partial charge in [-0.1, -0.05) is 11.8 Å². The molecule has 1 aromatic rings. The number of aromatic amines is 1. The van der Waals surface area contributed by atoms with Crippen molar-refractivity contribution in [3.63, 3.8) is 0 Å². The Balaban J connectivity index is 1.94. The van der Waals surface area contributed by atoms with Gasteiger partial charge in [0.05, 0.1) is 5.25 Å². The maximum Gasteiger partial charge on any atom is 0.344 e. The van der Waals surface area contributed by atoms with E-state index in [1.54, 1.807) is 11.5 Å². The van der Waals surface area contributed by atoms with Crippen molar-refractivity contribution < 1.29 is 9.59 Å². The number of rotatable bonds is 4. The lowest BCUT2D eigenvalue weighted by atomic mass is 10.1. The van der Waals surface area contributed by atoms with Gasteiger partial charge in [-0.2, -0.15) is 0 Å². The Morgan fingerprint density at radius 2 is 2.05 bits per heavy atom. The minimum absolute atomic E-state index is 0.174. The highest BCUT2D eigenvalue weighted by Gasteiger charge is 2.30. The summed E-state index contributed by atoms with van der Waals surface area (Å²) in [5, 5.41) is 11.2. The van der Waals surface area contributed by atoms with Gasteiger partial charge in [0.25, 0.3) is 0 Å². The van der Waals surface area contributed by atoms with Crippen molar-refractivity contribution in [1.82, 2.24) is 25.4 Å². The predicted octanol–water partition coefficient (Wildman–Crippen LogP) is 1.01. The number of hydrogen-bond acceptors (Lipinski definition) is 5. The molecule has 1 atom stereocenters. The first kappa shape index (κ1) is 16.6. The number of hydrogen-bond donors (Lipinski definition) is 3. The maximum atomic E-state index is 12.0. The number of thioether (sulfide) groups is 1. The van der Waals surface area contributed by atoms with Gasteiger partial charge in [0.15, 0.2) is 5.16 Å². The summed E-state index contributed by atoms with van der Waals surface area (Å²) in [4.78, 5) is 35.4. The number of urea groups is 1. The zero-order valence-corrected chi connectivity index (χ0v) is 13.9. The molecule has 1 fully saturated rings. The quantitative estimate of drug-likeness (QED) is 0.715. The van der Waals surface area contributed by atoms with Crippen molar-refractivity contribution in [1.29, 1.82) is 0 Å². The fourth-order valence-corrected chi connectivity index (χ4v) is 2.75. The van der Waals surface area contributed by atoms with Gasteiger partial charge in [-0.05, 0) is 40.5 Å². The molecule has 0 radical (unpaired) electrons. The van der Waals surface area contributed by atoms with E-state index in [4.69, 9.17) is 0 Å². The van der Waals surface area contributed by atoms with Crippen LogP contribution in [0.15, 0.2) is 9.95 Å². The molecule has 3 amide bonds. The van der Waals surface area contributed by atoms with Crippen molar-refractivity contribution in [3.05, 3.63) is 10.5 Å². The summed E-state index contributed by atoms with van der Waals surface area (Å²) < 4.78 is 1.57. The summed E-state index contributed by atoms with van der Waals surface area (Å²) in [6.45, 7) is 7.15. The fourth-order valence-electron chi connectivity index (χ4n) is 1.83. The third-order valence-electron chi connectivity index (χ3n) is 2.96. The van der Waals surface area contributed by atoms with Crippen LogP contribution in [-0.2, 0) is 4.79 Å². The lowest BCUT2D eigenvalue weighted by Gasteiger charge is -2.21. The third-order valence-corrected chi connectivity index (χ3v) is 4.03. The standard InChI is InChI=1S/C13H21N5O3S/c1-7(9(19)14-10(20)15-13(2,3)4)22-12-17-16-11(21)18(12)8-5-6-8/h7-8H,5-6H2,1-4H3,(H,16,21)(H2,14,15,19,20). The highest BCUT2D eigenvalue weighted by atomic mass is 32.2. The van der Waals surface area contributed by atoms with Crippen molar-refractivity contribution in [2.75, 3.05) is 0 Å². The van der Waals surface area contributed by atoms with E-state index in [1.807, 2.05) is 20.8 Å². The Hall–Kier alpha value is -1.77. The number of aromatic nitrogens is 3. The normalized spacial score (nSPS) is 16.2. The number of imide groups is 1. The van der Waals surface area contributed by atoms with Gasteiger partial charge in [0, 0.05) is 11.6 Å². The maximum absolute atomic E-state index is 12.0. The first-order valence-electron chi connectivity index (χ1n) is 7.14. The highest BCUT2D eigenvalue weighted by Crippen LogP contribution is 2.36. The molecule has 22 heavy (non-hydrogen) atoms. The summed E-state index contributed by atoms with van der Waals surface area (Å²) in [7, 11) is 0. The summed E-state index contributed by atoms with van der Waals surface area (Å²) in [6, 6.07) is -0.361. The summed E-state index contributed by atoms with van der Waals surface area (Å²) in [6.07, 6.45) is 1.89. The SMILES string of the molecule is CC(Sc1n[nH]c(=O)n1C1CC1)C(=O)NC(=O)NC(C)(C)C. The molecule has 0 aliphatic heterocycles. The summed E-state index contributed by atoms with van der Waals surface area (Å²) >= 11 is 1.16. The van der Waals surface area contributed by atoms with Crippen LogP contribution in [0.2, 0.25) is 0 Å². The van der Waals surface area contributed by atoms with Crippen LogP contribution in [0.4, 0.5) is 4.79 Å². The van der Waals surface area contributed by atoms with Crippen LogP contribution < -0.4 is 16.3 Å². The Morgan fingerprint density at radius 1 is 1.41 bits per heavy atom. The first-order valence-corrected chi connectivity index (χ1v) is 8.02. The summed E-state index contributed by atoms with van der Waals surface area (Å²) in [5.74, 6) is -0.426. The topological polar surface area (TPSA) is 109 Å². The van der Waals surface area contributed by atoms with E-state index in [9.17, 15) is 14.4 Å². The van der Waals surface area contributed by atoms with Gasteiger partial charge in [-0.25, -0.2) is 14.7 Å². The van der Waals surface area contributed by atoms with E-state index in [0.29, 0.717) is 5.16 Å². The Labute approximate surface area is 132 Å². The Bertz CT molecular complexity index is 626. The molecule has 8 nitrogen and oxygen atoms in total. The van der Waals surface area contributed by atoms with Gasteiger partial charge in [0.2, 0.25) is 5.91 Å². The number of carbonyl (C=O) groups excluding carboxylic acids is 2. The van der Waals surface area contributed by atoms with Gasteiger partial charge in [0.1, 0.15) is 0 Å². The molecule has 1 heterocycles. The van der Waals surface area contributed by atoms with Crippen LogP contribution in [0.25, 0.3) is 0 Å². The van der Waals surface area contributed by atoms with Gasteiger partial charge in [-0.15, -0.1) is 5.10 Å². The zero-order chi connectivity index (χ0) is 16.5. The molecule has 2 rings (SSSR count). The molecule has 1 aliphatic carbocycles. The minimum Gasteiger partial charge on any atom is -0.333 e. The lowest BCUT2D eigenvalue weighted by Crippen LogP contribution is -2.49. The predicted molar refractivity (Wildman–Crippen MR) is 82.9 cm³/mol. The van der Waals surface area contributed by atoms with Crippen molar-refractivity contribution in [3.8, 4) is 0 Å². The zero-order valence-electron chi connectivity index (χ0n) is 13.1. The molecule has 1 aromatic heterocycles. The highest BCUT2D eigenvalue weighted by molar-refractivity contribution is 8.00. The number of carbonyl (C=O) groups is 2. The Kier molecular flexibility index (Phi) is 4.64. The van der Waals surface area contributed by atoms with Crippen LogP contribution >= 0.6 is 11.8 Å². The van der Waals surface area contributed by atoms with Gasteiger partial charge >= 0.3 is 11.7 Å². The smallest absolute Gasteiger partial charge is 0.333 e. The Morgan fingerprint density at radius 3 is 2.59 bits per heavy atom. The second-order valence-corrected chi connectivity index (χ2v) is 7.67. The van der Waals surface area contributed by atoms with Crippen LogP contribution in [0.1, 0.15) is 46.6 Å². The van der Waals surface area contributed by atoms with E-state index in [0.717, 1.165) is 24.6 Å². The summed E-state index contributed by atoms with van der Waals surface area (Å²) in [5.41, 5.74) is -0.682. The van der Waals surface area contributed by atoms with Crippen LogP contribution in [0.5, 0.6) is 0 Å². The molecule has 9 heteroatoms. The largest absolute Gasteiger partial charge is 0.344 e. The number of H-pyrrole nitrogens is 1. The number of nitrogens with zero attached hydrogens (tertiary/aromatic N) is 2. The second kappa shape index (κ2) is 6.15. The average molecular weight is 327 g/mol. The van der Waals surface area contributed by atoms with Crippen LogP contribution in [-0.4, -0.2) is 37.5 Å². The van der Waals surface area contributed by atoms with Crippen molar-refractivity contribution in [2.45, 2.75) is 62.5 Å². The first-order chi connectivity index (χ1) is 10.2. The molecule has 1 unspecified atom stereocenters. The average Bonchev–Trinajstić information content (AvgIpc) is 3.12. The molecule has 1 saturated carbocycles. The van der Waals surface area contributed by atoms with E-state index in [1.165, 1.54) is 0 Å². The van der Waals surface area contributed by atoms with E-state index in [-0.39, 0.29) is 11.7 Å². The van der Waals surface area contributed by atoms with Gasteiger partial charge in [-0.3, -0.25) is 14.7 Å². The molecular weight excluding hydrogens is 306 g/mol. The van der Waals surface area contributed by atoms with Crippen molar-refractivity contribution in [2.24, 2.45) is 0 Å². The van der Waals surface area contributed by atoms with Crippen molar-refractivity contribution >= 4 is 23.7 Å². The molecular formula is C13H21N5O3S. The van der Waals surface area contributed by atoms with Crippen LogP contribution in [0.3, 0.4) is 0 Å². The van der Waals surface area contributed by atoms with Crippen LogP contribution in [0, 0.1) is 0 Å². The monoisotopic (exact) mass is 327 g/mol. The molecule has 0 aromatic carbocycles. The van der Waals surface area contributed by atoms with E-state index in [2.05, 4.69) is 20.8 Å². The molecule has 0 spiro atoms. The second-order valence-electron chi connectivity index (χ2n) is 6.37. The minimum atomic E-state index is -0.543. The van der Waals surface area contributed by atoms with Gasteiger partial charge < -0.3 is 5.32 Å². The number of nitrogens with one attached hydrogen (secondary N) is 3. The molecule has 0 saturated heterocycles.